The highest BCUT2D eigenvalue weighted by atomic mass is 19.3. The fraction of sp³-hybridized carbons (Fsp3) is 0.333. The number of carbonyl (C=O) groups excluding carboxylic acids is 2. The molecule has 0 bridgehead atoms. The number of carbonyl (C=O) groups is 2. The van der Waals surface area contributed by atoms with E-state index in [2.05, 4.69) is 10.1 Å². The van der Waals surface area contributed by atoms with Crippen LogP contribution in [0.5, 0.6) is 17.2 Å². The number of hydrogen-bond acceptors (Lipinski definition) is 8. The standard InChI is InChI=1S/C21H22F2N2O8/c1-3-31-18-11-16(25(28)29)15(10-17(18)30-2)20(27)32-12-19(26)24-9-8-13-4-6-14(7-5-13)33-21(22)23/h4-7,10-11,21H,3,8-9,12H2,1-2H3,(H,24,26). The zero-order valence-electron chi connectivity index (χ0n) is 17.8. The van der Waals surface area contributed by atoms with Crippen molar-refractivity contribution >= 4 is 17.6 Å². The molecule has 2 aromatic rings. The van der Waals surface area contributed by atoms with Gasteiger partial charge in [-0.05, 0) is 31.0 Å². The number of nitro benzene ring substituents is 1. The van der Waals surface area contributed by atoms with E-state index in [9.17, 15) is 28.5 Å². The Morgan fingerprint density at radius 3 is 2.42 bits per heavy atom. The normalized spacial score (nSPS) is 10.5. The Morgan fingerprint density at radius 2 is 1.85 bits per heavy atom. The molecule has 0 unspecified atom stereocenters. The molecule has 2 aromatic carbocycles. The number of nitrogens with zero attached hydrogens (tertiary/aromatic N) is 1. The summed E-state index contributed by atoms with van der Waals surface area (Å²) in [5.74, 6) is -1.49. The van der Waals surface area contributed by atoms with E-state index < -0.39 is 35.7 Å². The first-order chi connectivity index (χ1) is 15.7. The molecule has 178 valence electrons. The van der Waals surface area contributed by atoms with Crippen LogP contribution in [-0.4, -0.2) is 50.3 Å². The van der Waals surface area contributed by atoms with E-state index in [-0.39, 0.29) is 36.0 Å². The number of nitrogens with one attached hydrogen (secondary N) is 1. The summed E-state index contributed by atoms with van der Waals surface area (Å²) < 4.78 is 43.8. The molecule has 10 nitrogen and oxygen atoms in total. The molecule has 0 aliphatic carbocycles. The van der Waals surface area contributed by atoms with Crippen molar-refractivity contribution < 1.29 is 42.2 Å². The number of esters is 1. The first-order valence-electron chi connectivity index (χ1n) is 9.72. The second kappa shape index (κ2) is 12.2. The zero-order chi connectivity index (χ0) is 24.4. The van der Waals surface area contributed by atoms with Crippen LogP contribution in [0.1, 0.15) is 22.8 Å². The quantitative estimate of drug-likeness (QED) is 0.286. The Bertz CT molecular complexity index is 983. The van der Waals surface area contributed by atoms with Gasteiger partial charge in [0.15, 0.2) is 18.1 Å². The molecule has 0 saturated carbocycles. The lowest BCUT2D eigenvalue weighted by Gasteiger charge is -2.12. The molecule has 2 rings (SSSR count). The molecular formula is C21H22F2N2O8. The number of benzene rings is 2. The van der Waals surface area contributed by atoms with Crippen LogP contribution < -0.4 is 19.5 Å². The van der Waals surface area contributed by atoms with Gasteiger partial charge in [0.2, 0.25) is 0 Å². The van der Waals surface area contributed by atoms with Gasteiger partial charge in [-0.1, -0.05) is 12.1 Å². The van der Waals surface area contributed by atoms with Gasteiger partial charge in [-0.25, -0.2) is 4.79 Å². The predicted molar refractivity (Wildman–Crippen MR) is 111 cm³/mol. The minimum atomic E-state index is -2.91. The highest BCUT2D eigenvalue weighted by molar-refractivity contribution is 5.96. The average molecular weight is 468 g/mol. The van der Waals surface area contributed by atoms with Crippen molar-refractivity contribution in [2.45, 2.75) is 20.0 Å². The van der Waals surface area contributed by atoms with Crippen molar-refractivity contribution in [3.05, 3.63) is 57.6 Å². The summed E-state index contributed by atoms with van der Waals surface area (Å²) in [6.45, 7) is -1.48. The molecule has 0 atom stereocenters. The summed E-state index contributed by atoms with van der Waals surface area (Å²) in [4.78, 5) is 34.9. The van der Waals surface area contributed by atoms with E-state index in [1.165, 1.54) is 19.2 Å². The maximum atomic E-state index is 12.3. The fourth-order valence-electron chi connectivity index (χ4n) is 2.74. The molecule has 0 heterocycles. The Balaban J connectivity index is 1.90. The smallest absolute Gasteiger partial charge is 0.387 e. The molecule has 1 N–H and O–H groups in total. The molecule has 0 radical (unpaired) electrons. The van der Waals surface area contributed by atoms with Crippen molar-refractivity contribution in [2.24, 2.45) is 0 Å². The highest BCUT2D eigenvalue weighted by Gasteiger charge is 2.26. The summed E-state index contributed by atoms with van der Waals surface area (Å²) in [6.07, 6.45) is 0.385. The number of hydrogen-bond donors (Lipinski definition) is 1. The van der Waals surface area contributed by atoms with Gasteiger partial charge in [-0.3, -0.25) is 14.9 Å². The van der Waals surface area contributed by atoms with Crippen LogP contribution >= 0.6 is 0 Å². The van der Waals surface area contributed by atoms with Crippen molar-refractivity contribution in [1.82, 2.24) is 5.32 Å². The zero-order valence-corrected chi connectivity index (χ0v) is 17.8. The summed E-state index contributed by atoms with van der Waals surface area (Å²) in [6, 6.07) is 8.07. The Kier molecular flexibility index (Phi) is 9.33. The van der Waals surface area contributed by atoms with Gasteiger partial charge in [0.1, 0.15) is 11.3 Å². The molecule has 0 aliphatic rings. The molecule has 0 spiro atoms. The number of ether oxygens (including phenoxy) is 4. The number of amides is 1. The third-order valence-electron chi connectivity index (χ3n) is 4.22. The third kappa shape index (κ3) is 7.59. The minimum Gasteiger partial charge on any atom is -0.493 e. The van der Waals surface area contributed by atoms with Gasteiger partial charge in [0, 0.05) is 12.6 Å². The van der Waals surface area contributed by atoms with Crippen LogP contribution in [0.3, 0.4) is 0 Å². The Morgan fingerprint density at radius 1 is 1.15 bits per heavy atom. The van der Waals surface area contributed by atoms with Crippen LogP contribution in [0.15, 0.2) is 36.4 Å². The van der Waals surface area contributed by atoms with E-state index in [1.807, 2.05) is 0 Å². The third-order valence-corrected chi connectivity index (χ3v) is 4.22. The maximum absolute atomic E-state index is 12.3. The van der Waals surface area contributed by atoms with E-state index >= 15 is 0 Å². The van der Waals surface area contributed by atoms with Crippen LogP contribution in [0, 0.1) is 10.1 Å². The number of methoxy groups -OCH3 is 1. The first kappa shape index (κ1) is 25.3. The van der Waals surface area contributed by atoms with Gasteiger partial charge in [0.25, 0.3) is 11.6 Å². The lowest BCUT2D eigenvalue weighted by atomic mass is 10.1. The number of rotatable bonds is 12. The van der Waals surface area contributed by atoms with Crippen molar-refractivity contribution in [3.63, 3.8) is 0 Å². The molecule has 12 heteroatoms. The van der Waals surface area contributed by atoms with Gasteiger partial charge in [-0.2, -0.15) is 8.78 Å². The van der Waals surface area contributed by atoms with Crippen molar-refractivity contribution in [1.29, 1.82) is 0 Å². The van der Waals surface area contributed by atoms with Crippen LogP contribution in [0.2, 0.25) is 0 Å². The maximum Gasteiger partial charge on any atom is 0.387 e. The van der Waals surface area contributed by atoms with E-state index in [0.717, 1.165) is 17.7 Å². The van der Waals surface area contributed by atoms with Gasteiger partial charge in [0.05, 0.1) is 24.7 Å². The number of alkyl halides is 2. The second-order valence-electron chi connectivity index (χ2n) is 6.41. The molecule has 0 aliphatic heterocycles. The molecule has 0 aromatic heterocycles. The summed E-state index contributed by atoms with van der Waals surface area (Å²) in [5.41, 5.74) is -0.186. The monoisotopic (exact) mass is 468 g/mol. The topological polar surface area (TPSA) is 126 Å². The van der Waals surface area contributed by atoms with Crippen LogP contribution in [0.25, 0.3) is 0 Å². The first-order valence-corrected chi connectivity index (χ1v) is 9.72. The highest BCUT2D eigenvalue weighted by Crippen LogP contribution is 2.35. The van der Waals surface area contributed by atoms with E-state index in [4.69, 9.17) is 14.2 Å². The SMILES string of the molecule is CCOc1cc([N+](=O)[O-])c(C(=O)OCC(=O)NCCc2ccc(OC(F)F)cc2)cc1OC. The van der Waals surface area contributed by atoms with E-state index in [1.54, 1.807) is 19.1 Å². The van der Waals surface area contributed by atoms with Gasteiger partial charge in [-0.15, -0.1) is 0 Å². The number of nitro groups is 1. The largest absolute Gasteiger partial charge is 0.493 e. The van der Waals surface area contributed by atoms with E-state index in [0.29, 0.717) is 6.42 Å². The Hall–Kier alpha value is -3.96. The molecule has 1 amide bonds. The van der Waals surface area contributed by atoms with Crippen LogP contribution in [-0.2, 0) is 16.0 Å². The molecule has 33 heavy (non-hydrogen) atoms. The molecular weight excluding hydrogens is 446 g/mol. The second-order valence-corrected chi connectivity index (χ2v) is 6.41. The molecule has 0 fully saturated rings. The molecule has 0 saturated heterocycles. The summed E-state index contributed by atoms with van der Waals surface area (Å²) in [7, 11) is 1.31. The summed E-state index contributed by atoms with van der Waals surface area (Å²) in [5, 5.41) is 13.9. The Labute approximate surface area is 187 Å². The van der Waals surface area contributed by atoms with Crippen LogP contribution in [0.4, 0.5) is 14.5 Å². The fourth-order valence-corrected chi connectivity index (χ4v) is 2.74. The number of halogens is 2. The minimum absolute atomic E-state index is 0.0183. The lowest BCUT2D eigenvalue weighted by Crippen LogP contribution is -2.30. The van der Waals surface area contributed by atoms with Crippen molar-refractivity contribution in [3.8, 4) is 17.2 Å². The lowest BCUT2D eigenvalue weighted by molar-refractivity contribution is -0.385. The van der Waals surface area contributed by atoms with Gasteiger partial charge < -0.3 is 24.3 Å². The average Bonchev–Trinajstić information content (AvgIpc) is 2.78. The summed E-state index contributed by atoms with van der Waals surface area (Å²) >= 11 is 0. The van der Waals surface area contributed by atoms with Gasteiger partial charge >= 0.3 is 12.6 Å². The van der Waals surface area contributed by atoms with Crippen molar-refractivity contribution in [2.75, 3.05) is 26.9 Å². The predicted octanol–water partition coefficient (Wildman–Crippen LogP) is 3.12.